The molecule has 1 atom stereocenters. The minimum absolute atomic E-state index is 0.307. The maximum atomic E-state index is 9.04. The number of imidazole rings is 1. The topological polar surface area (TPSA) is 49.6 Å². The van der Waals surface area contributed by atoms with Crippen LogP contribution >= 0.6 is 11.3 Å². The van der Waals surface area contributed by atoms with E-state index in [1.165, 1.54) is 0 Å². The Kier molecular flexibility index (Phi) is 2.81. The van der Waals surface area contributed by atoms with E-state index >= 15 is 0 Å². The molecule has 4 nitrogen and oxygen atoms in total. The smallest absolute Gasteiger partial charge is 0.193 e. The summed E-state index contributed by atoms with van der Waals surface area (Å²) in [5.41, 5.74) is 1.01. The Morgan fingerprint density at radius 1 is 1.71 bits per heavy atom. The summed E-state index contributed by atoms with van der Waals surface area (Å²) in [7, 11) is 0. The first kappa shape index (κ1) is 9.64. The number of aromatic nitrogens is 2. The van der Waals surface area contributed by atoms with E-state index in [-0.39, 0.29) is 6.10 Å². The lowest BCUT2D eigenvalue weighted by atomic mass is 10.4. The molecule has 2 N–H and O–H groups in total. The average Bonchev–Trinajstić information content (AvgIpc) is 2.62. The van der Waals surface area contributed by atoms with E-state index in [1.54, 1.807) is 18.3 Å². The zero-order valence-electron chi connectivity index (χ0n) is 7.97. The molecule has 0 saturated heterocycles. The molecule has 0 fully saturated rings. The molecule has 0 radical (unpaired) electrons. The van der Waals surface area contributed by atoms with Crippen LogP contribution in [0.15, 0.2) is 17.8 Å². The molecule has 0 saturated carbocycles. The first-order valence-corrected chi connectivity index (χ1v) is 5.43. The van der Waals surface area contributed by atoms with Crippen molar-refractivity contribution in [3.63, 3.8) is 0 Å². The Balaban J connectivity index is 1.95. The molecule has 76 valence electrons. The number of nitrogens with zero attached hydrogens (tertiary/aromatic N) is 2. The largest absolute Gasteiger partial charge is 0.392 e. The number of hydrogen-bond donors (Lipinski definition) is 2. The van der Waals surface area contributed by atoms with Crippen molar-refractivity contribution in [2.75, 3.05) is 6.54 Å². The molecule has 0 aliphatic carbocycles. The van der Waals surface area contributed by atoms with Gasteiger partial charge in [0.15, 0.2) is 4.96 Å². The van der Waals surface area contributed by atoms with Crippen LogP contribution in [-0.2, 0) is 6.54 Å². The van der Waals surface area contributed by atoms with Crippen molar-refractivity contribution in [3.05, 3.63) is 23.5 Å². The summed E-state index contributed by atoms with van der Waals surface area (Å²) in [6.07, 6.45) is 3.69. The summed E-state index contributed by atoms with van der Waals surface area (Å²) in [4.78, 5) is 5.42. The van der Waals surface area contributed by atoms with Crippen LogP contribution in [0.4, 0.5) is 0 Å². The number of aliphatic hydroxyl groups excluding tert-OH is 1. The predicted octanol–water partition coefficient (Wildman–Crippen LogP) is 0.866. The zero-order valence-corrected chi connectivity index (χ0v) is 8.79. The number of hydrogen-bond acceptors (Lipinski definition) is 4. The van der Waals surface area contributed by atoms with Gasteiger partial charge in [0, 0.05) is 30.9 Å². The molecule has 0 spiro atoms. The molecule has 2 rings (SSSR count). The van der Waals surface area contributed by atoms with E-state index in [0.29, 0.717) is 13.1 Å². The fourth-order valence-corrected chi connectivity index (χ4v) is 1.99. The maximum Gasteiger partial charge on any atom is 0.193 e. The molecular weight excluding hydrogens is 198 g/mol. The highest BCUT2D eigenvalue weighted by Crippen LogP contribution is 2.10. The molecule has 0 aliphatic heterocycles. The Morgan fingerprint density at radius 3 is 3.29 bits per heavy atom. The molecule has 5 heteroatoms. The van der Waals surface area contributed by atoms with Crippen molar-refractivity contribution in [3.8, 4) is 0 Å². The van der Waals surface area contributed by atoms with Crippen LogP contribution in [0.5, 0.6) is 0 Å². The highest BCUT2D eigenvalue weighted by atomic mass is 32.1. The second-order valence-corrected chi connectivity index (χ2v) is 4.18. The number of fused-ring (bicyclic) bond motifs is 1. The fraction of sp³-hybridized carbons (Fsp3) is 0.444. The molecule has 0 bridgehead atoms. The van der Waals surface area contributed by atoms with Crippen molar-refractivity contribution < 1.29 is 5.11 Å². The summed E-state index contributed by atoms with van der Waals surface area (Å²) in [5.74, 6) is 0. The monoisotopic (exact) mass is 211 g/mol. The number of nitrogens with one attached hydrogen (secondary N) is 1. The Labute approximate surface area is 86.2 Å². The average molecular weight is 211 g/mol. The minimum Gasteiger partial charge on any atom is -0.392 e. The van der Waals surface area contributed by atoms with Crippen molar-refractivity contribution >= 4 is 16.3 Å². The summed E-state index contributed by atoms with van der Waals surface area (Å²) in [6.45, 7) is 3.07. The molecule has 0 amide bonds. The van der Waals surface area contributed by atoms with Gasteiger partial charge in [-0.2, -0.15) is 0 Å². The predicted molar refractivity (Wildman–Crippen MR) is 56.5 cm³/mol. The SMILES string of the molecule is CC(O)CNCc1cn2ccsc2n1. The van der Waals surface area contributed by atoms with Crippen molar-refractivity contribution in [1.29, 1.82) is 0 Å². The molecule has 0 aromatic carbocycles. The summed E-state index contributed by atoms with van der Waals surface area (Å²) in [6, 6.07) is 0. The fourth-order valence-electron chi connectivity index (χ4n) is 1.27. The van der Waals surface area contributed by atoms with Crippen LogP contribution in [0.25, 0.3) is 4.96 Å². The first-order valence-electron chi connectivity index (χ1n) is 4.55. The van der Waals surface area contributed by atoms with Gasteiger partial charge >= 0.3 is 0 Å². The lowest BCUT2D eigenvalue weighted by Crippen LogP contribution is -2.23. The number of thiazole rings is 1. The van der Waals surface area contributed by atoms with Crippen LogP contribution in [-0.4, -0.2) is 27.1 Å². The Bertz CT molecular complexity index is 378. The van der Waals surface area contributed by atoms with Gasteiger partial charge in [-0.25, -0.2) is 4.98 Å². The Hall–Kier alpha value is -0.910. The summed E-state index contributed by atoms with van der Waals surface area (Å²) in [5, 5.41) is 14.2. The standard InChI is InChI=1S/C9H13N3OS/c1-7(13)4-10-5-8-6-12-2-3-14-9(12)11-8/h2-3,6-7,10,13H,4-5H2,1H3. The van der Waals surface area contributed by atoms with E-state index < -0.39 is 0 Å². The van der Waals surface area contributed by atoms with Gasteiger partial charge in [0.1, 0.15) is 0 Å². The molecule has 14 heavy (non-hydrogen) atoms. The van der Waals surface area contributed by atoms with Gasteiger partial charge in [-0.1, -0.05) is 0 Å². The third kappa shape index (κ3) is 2.12. The highest BCUT2D eigenvalue weighted by Gasteiger charge is 2.02. The highest BCUT2D eigenvalue weighted by molar-refractivity contribution is 7.15. The molecular formula is C9H13N3OS. The van der Waals surface area contributed by atoms with Crippen LogP contribution in [0.3, 0.4) is 0 Å². The van der Waals surface area contributed by atoms with E-state index in [2.05, 4.69) is 10.3 Å². The van der Waals surface area contributed by atoms with Gasteiger partial charge < -0.3 is 10.4 Å². The van der Waals surface area contributed by atoms with Crippen LogP contribution < -0.4 is 5.32 Å². The van der Waals surface area contributed by atoms with Gasteiger partial charge in [-0.15, -0.1) is 11.3 Å². The molecule has 0 aliphatic rings. The number of aliphatic hydroxyl groups is 1. The maximum absolute atomic E-state index is 9.04. The van der Waals surface area contributed by atoms with Crippen LogP contribution in [0.2, 0.25) is 0 Å². The zero-order chi connectivity index (χ0) is 9.97. The normalized spacial score (nSPS) is 13.6. The van der Waals surface area contributed by atoms with Crippen LogP contribution in [0, 0.1) is 0 Å². The van der Waals surface area contributed by atoms with E-state index in [4.69, 9.17) is 5.11 Å². The van der Waals surface area contributed by atoms with Gasteiger partial charge in [0.2, 0.25) is 0 Å². The van der Waals surface area contributed by atoms with Crippen LogP contribution in [0.1, 0.15) is 12.6 Å². The molecule has 2 heterocycles. The second-order valence-electron chi connectivity index (χ2n) is 3.31. The van der Waals surface area contributed by atoms with Crippen molar-refractivity contribution in [1.82, 2.24) is 14.7 Å². The minimum atomic E-state index is -0.307. The Morgan fingerprint density at radius 2 is 2.57 bits per heavy atom. The summed E-state index contributed by atoms with van der Waals surface area (Å²) >= 11 is 1.62. The van der Waals surface area contributed by atoms with Gasteiger partial charge in [-0.05, 0) is 6.92 Å². The number of rotatable bonds is 4. The quantitative estimate of drug-likeness (QED) is 0.789. The van der Waals surface area contributed by atoms with Gasteiger partial charge in [-0.3, -0.25) is 4.40 Å². The molecule has 2 aromatic rings. The van der Waals surface area contributed by atoms with E-state index in [0.717, 1.165) is 10.7 Å². The second kappa shape index (κ2) is 4.08. The lowest BCUT2D eigenvalue weighted by molar-refractivity contribution is 0.191. The third-order valence-electron chi connectivity index (χ3n) is 1.89. The molecule has 1 unspecified atom stereocenters. The third-order valence-corrected chi connectivity index (χ3v) is 2.66. The lowest BCUT2D eigenvalue weighted by Gasteiger charge is -2.03. The van der Waals surface area contributed by atoms with E-state index in [1.807, 2.05) is 22.2 Å². The van der Waals surface area contributed by atoms with Crippen molar-refractivity contribution in [2.24, 2.45) is 0 Å². The first-order chi connectivity index (χ1) is 6.75. The van der Waals surface area contributed by atoms with Crippen molar-refractivity contribution in [2.45, 2.75) is 19.6 Å². The van der Waals surface area contributed by atoms with E-state index in [9.17, 15) is 0 Å². The van der Waals surface area contributed by atoms with Gasteiger partial charge in [0.25, 0.3) is 0 Å². The molecule has 2 aromatic heterocycles. The summed E-state index contributed by atoms with van der Waals surface area (Å²) < 4.78 is 2.00. The van der Waals surface area contributed by atoms with Gasteiger partial charge in [0.05, 0.1) is 11.8 Å².